The van der Waals surface area contributed by atoms with Crippen molar-refractivity contribution in [2.45, 2.75) is 71.9 Å². The fraction of sp³-hybridized carbons (Fsp3) is 0.389. The number of carbonyl (C=O) groups is 2. The first-order valence-corrected chi connectivity index (χ1v) is 15.0. The molecular weight excluding hydrogens is 567 g/mol. The van der Waals surface area contributed by atoms with Gasteiger partial charge in [0.15, 0.2) is 0 Å². The van der Waals surface area contributed by atoms with E-state index < -0.39 is 11.7 Å². The highest BCUT2D eigenvalue weighted by atomic mass is 19.4. The van der Waals surface area contributed by atoms with E-state index in [9.17, 15) is 22.8 Å². The molecule has 1 N–H and O–H groups in total. The number of nitrogens with one attached hydrogen (secondary N) is 1. The third-order valence-corrected chi connectivity index (χ3v) is 7.46. The highest BCUT2D eigenvalue weighted by molar-refractivity contribution is 5.94. The first-order chi connectivity index (χ1) is 21.0. The van der Waals surface area contributed by atoms with E-state index in [0.717, 1.165) is 84.2 Å². The highest BCUT2D eigenvalue weighted by Crippen LogP contribution is 2.34. The fourth-order valence-corrected chi connectivity index (χ4v) is 5.05. The Bertz CT molecular complexity index is 1390. The Hall–Kier alpha value is -4.07. The van der Waals surface area contributed by atoms with Crippen molar-refractivity contribution in [3.8, 4) is 16.9 Å². The molecule has 0 fully saturated rings. The molecule has 5 nitrogen and oxygen atoms in total. The number of halogens is 3. The summed E-state index contributed by atoms with van der Waals surface area (Å²) < 4.78 is 49.8. The lowest BCUT2D eigenvalue weighted by molar-refractivity contribution is -0.140. The number of benzene rings is 3. The molecule has 0 bridgehead atoms. The number of esters is 1. The number of amides is 1. The summed E-state index contributed by atoms with van der Waals surface area (Å²) in [5.74, 6) is 0.138. The van der Waals surface area contributed by atoms with Gasteiger partial charge in [0, 0.05) is 12.1 Å². The summed E-state index contributed by atoms with van der Waals surface area (Å²) in [6.45, 7) is 6.76. The third-order valence-electron chi connectivity index (χ3n) is 7.46. The summed E-state index contributed by atoms with van der Waals surface area (Å²) in [6, 6.07) is 16.6. The predicted molar refractivity (Wildman–Crippen MR) is 168 cm³/mol. The Morgan fingerprint density at radius 2 is 1.57 bits per heavy atom. The van der Waals surface area contributed by atoms with Gasteiger partial charge in [0.2, 0.25) is 0 Å². The number of unbranched alkanes of at least 4 members (excludes halogenated alkanes) is 2. The molecule has 3 rings (SSSR count). The van der Waals surface area contributed by atoms with Crippen molar-refractivity contribution in [2.75, 3.05) is 20.3 Å². The smallest absolute Gasteiger partial charge is 0.416 e. The van der Waals surface area contributed by atoms with Crippen LogP contribution in [0.15, 0.2) is 72.3 Å². The maximum Gasteiger partial charge on any atom is 0.416 e. The number of carbonyl (C=O) groups excluding carboxylic acids is 2. The first-order valence-electron chi connectivity index (χ1n) is 15.0. The molecule has 8 heteroatoms. The van der Waals surface area contributed by atoms with Crippen molar-refractivity contribution < 1.29 is 32.2 Å². The minimum atomic E-state index is -4.36. The molecule has 0 radical (unpaired) electrons. The van der Waals surface area contributed by atoms with E-state index in [4.69, 9.17) is 4.74 Å². The largest absolute Gasteiger partial charge is 0.489 e. The zero-order chi connectivity index (χ0) is 32.1. The predicted octanol–water partition coefficient (Wildman–Crippen LogP) is 8.80. The van der Waals surface area contributed by atoms with E-state index in [1.165, 1.54) is 24.8 Å². The molecule has 3 aromatic rings. The molecule has 1 amide bonds. The lowest BCUT2D eigenvalue weighted by Crippen LogP contribution is -2.26. The Morgan fingerprint density at radius 1 is 0.909 bits per heavy atom. The van der Waals surface area contributed by atoms with Gasteiger partial charge in [-0.2, -0.15) is 13.2 Å². The Balaban J connectivity index is 1.61. The third kappa shape index (κ3) is 10.6. The second kappa shape index (κ2) is 16.7. The SMILES string of the molecule is CCCCCC(=CCCc1ccc(C(=O)NCCC(=O)OC)cc1)COc1cc(C)c(-c2ccc(C(F)(F)F)cc2)c(C)c1. The topological polar surface area (TPSA) is 64.6 Å². The second-order valence-corrected chi connectivity index (χ2v) is 10.9. The Morgan fingerprint density at radius 3 is 2.16 bits per heavy atom. The average molecular weight is 610 g/mol. The number of methoxy groups -OCH3 is 1. The van der Waals surface area contributed by atoms with Crippen LogP contribution in [0.25, 0.3) is 11.1 Å². The van der Waals surface area contributed by atoms with E-state index in [2.05, 4.69) is 23.1 Å². The van der Waals surface area contributed by atoms with E-state index in [1.54, 1.807) is 12.1 Å². The standard InChI is InChI=1S/C36H42F3NO4/c1-5-6-7-9-28(11-8-10-27-12-14-30(15-13-27)35(42)40-21-20-33(41)43-4)24-44-32-22-25(2)34(26(3)23-32)29-16-18-31(19-17-29)36(37,38)39/h11-19,22-23H,5-10,20-21,24H2,1-4H3,(H,40,42). The molecular formula is C36H42F3NO4. The minimum Gasteiger partial charge on any atom is -0.489 e. The van der Waals surface area contributed by atoms with E-state index in [-0.39, 0.29) is 24.8 Å². The summed E-state index contributed by atoms with van der Waals surface area (Å²) in [6.07, 6.45) is 3.95. The molecule has 0 aromatic heterocycles. The molecule has 0 saturated heterocycles. The summed E-state index contributed by atoms with van der Waals surface area (Å²) in [5, 5.41) is 2.72. The zero-order valence-electron chi connectivity index (χ0n) is 26.0. The van der Waals surface area contributed by atoms with Gasteiger partial charge in [-0.1, -0.05) is 50.1 Å². The average Bonchev–Trinajstić information content (AvgIpc) is 2.99. The quantitative estimate of drug-likeness (QED) is 0.106. The van der Waals surface area contributed by atoms with Gasteiger partial charge < -0.3 is 14.8 Å². The van der Waals surface area contributed by atoms with Crippen LogP contribution in [-0.2, 0) is 22.1 Å². The molecule has 0 heterocycles. The number of ether oxygens (including phenoxy) is 2. The lowest BCUT2D eigenvalue weighted by Gasteiger charge is -2.16. The van der Waals surface area contributed by atoms with E-state index in [1.807, 2.05) is 38.1 Å². The molecule has 3 aromatic carbocycles. The fourth-order valence-electron chi connectivity index (χ4n) is 5.05. The van der Waals surface area contributed by atoms with Crippen LogP contribution in [0.1, 0.15) is 78.1 Å². The maximum absolute atomic E-state index is 13.0. The van der Waals surface area contributed by atoms with Crippen molar-refractivity contribution in [3.63, 3.8) is 0 Å². The molecule has 0 saturated carbocycles. The molecule has 236 valence electrons. The number of hydrogen-bond acceptors (Lipinski definition) is 4. The first kappa shape index (κ1) is 34.4. The molecule has 44 heavy (non-hydrogen) atoms. The van der Waals surface area contributed by atoms with Gasteiger partial charge in [0.05, 0.1) is 19.1 Å². The van der Waals surface area contributed by atoms with Crippen LogP contribution >= 0.6 is 0 Å². The summed E-state index contributed by atoms with van der Waals surface area (Å²) in [7, 11) is 1.32. The monoisotopic (exact) mass is 609 g/mol. The van der Waals surface area contributed by atoms with Crippen LogP contribution in [0, 0.1) is 13.8 Å². The van der Waals surface area contributed by atoms with Crippen molar-refractivity contribution in [3.05, 3.63) is 100 Å². The highest BCUT2D eigenvalue weighted by Gasteiger charge is 2.30. The van der Waals surface area contributed by atoms with Crippen LogP contribution in [0.3, 0.4) is 0 Å². The van der Waals surface area contributed by atoms with Crippen LogP contribution in [-0.4, -0.2) is 32.1 Å². The lowest BCUT2D eigenvalue weighted by atomic mass is 9.94. The normalized spacial score (nSPS) is 11.8. The van der Waals surface area contributed by atoms with Crippen molar-refractivity contribution in [1.29, 1.82) is 0 Å². The van der Waals surface area contributed by atoms with Crippen LogP contribution in [0.5, 0.6) is 5.75 Å². The molecule has 0 spiro atoms. The van der Waals surface area contributed by atoms with Gasteiger partial charge in [-0.15, -0.1) is 0 Å². The molecule has 0 aliphatic heterocycles. The minimum absolute atomic E-state index is 0.129. The van der Waals surface area contributed by atoms with E-state index in [0.29, 0.717) is 12.2 Å². The van der Waals surface area contributed by atoms with Gasteiger partial charge in [-0.05, 0) is 109 Å². The number of allylic oxidation sites excluding steroid dienone is 1. The Labute approximate surface area is 258 Å². The van der Waals surface area contributed by atoms with Gasteiger partial charge in [-0.25, -0.2) is 0 Å². The van der Waals surface area contributed by atoms with Crippen molar-refractivity contribution >= 4 is 11.9 Å². The summed E-state index contributed by atoms with van der Waals surface area (Å²) in [4.78, 5) is 23.5. The molecule has 0 atom stereocenters. The van der Waals surface area contributed by atoms with Crippen LogP contribution in [0.2, 0.25) is 0 Å². The van der Waals surface area contributed by atoms with Crippen molar-refractivity contribution in [2.24, 2.45) is 0 Å². The van der Waals surface area contributed by atoms with Crippen molar-refractivity contribution in [1.82, 2.24) is 5.32 Å². The maximum atomic E-state index is 13.0. The van der Waals surface area contributed by atoms with Gasteiger partial charge in [-0.3, -0.25) is 9.59 Å². The van der Waals surface area contributed by atoms with Crippen LogP contribution < -0.4 is 10.1 Å². The van der Waals surface area contributed by atoms with Gasteiger partial charge >= 0.3 is 12.1 Å². The van der Waals surface area contributed by atoms with Gasteiger partial charge in [0.1, 0.15) is 12.4 Å². The number of hydrogen-bond donors (Lipinski definition) is 1. The molecule has 0 unspecified atom stereocenters. The van der Waals surface area contributed by atoms with Gasteiger partial charge in [0.25, 0.3) is 5.91 Å². The Kier molecular flexibility index (Phi) is 13.1. The zero-order valence-corrected chi connectivity index (χ0v) is 26.0. The number of rotatable bonds is 15. The number of aryl methyl sites for hydroxylation is 3. The summed E-state index contributed by atoms with van der Waals surface area (Å²) >= 11 is 0. The number of alkyl halides is 3. The van der Waals surface area contributed by atoms with Crippen LogP contribution in [0.4, 0.5) is 13.2 Å². The molecule has 0 aliphatic rings. The van der Waals surface area contributed by atoms with E-state index >= 15 is 0 Å². The summed E-state index contributed by atoms with van der Waals surface area (Å²) in [5.41, 5.74) is 5.76. The second-order valence-electron chi connectivity index (χ2n) is 10.9. The molecule has 0 aliphatic carbocycles.